The van der Waals surface area contributed by atoms with Crippen LogP contribution >= 0.6 is 0 Å². The molecule has 0 aromatic carbocycles. The number of esters is 1. The van der Waals surface area contributed by atoms with E-state index in [2.05, 4.69) is 5.32 Å². The van der Waals surface area contributed by atoms with Gasteiger partial charge in [-0.1, -0.05) is 27.7 Å². The summed E-state index contributed by atoms with van der Waals surface area (Å²) in [5.41, 5.74) is 5.08. The van der Waals surface area contributed by atoms with Gasteiger partial charge in [-0.25, -0.2) is 4.79 Å². The Morgan fingerprint density at radius 1 is 1.28 bits per heavy atom. The zero-order valence-electron chi connectivity index (χ0n) is 12.1. The van der Waals surface area contributed by atoms with E-state index in [1.807, 2.05) is 27.7 Å². The molecule has 3 N–H and O–H groups in total. The van der Waals surface area contributed by atoms with Crippen LogP contribution in [0.1, 0.15) is 47.0 Å². The molecule has 106 valence electrons. The molecule has 0 heterocycles. The second-order valence-electron chi connectivity index (χ2n) is 5.04. The number of amides is 1. The second-order valence-corrected chi connectivity index (χ2v) is 5.04. The molecule has 0 saturated carbocycles. The minimum Gasteiger partial charge on any atom is -0.467 e. The lowest BCUT2D eigenvalue weighted by atomic mass is 9.92. The number of rotatable bonds is 7. The van der Waals surface area contributed by atoms with Crippen molar-refractivity contribution >= 4 is 11.9 Å². The highest BCUT2D eigenvalue weighted by Gasteiger charge is 2.33. The number of hydrogen-bond acceptors (Lipinski definition) is 4. The Balaban J connectivity index is 4.77. The number of carbonyl (C=O) groups is 2. The van der Waals surface area contributed by atoms with Crippen molar-refractivity contribution in [3.05, 3.63) is 0 Å². The Hall–Kier alpha value is -1.10. The van der Waals surface area contributed by atoms with Gasteiger partial charge >= 0.3 is 5.97 Å². The van der Waals surface area contributed by atoms with E-state index in [1.54, 1.807) is 0 Å². The Kier molecular flexibility index (Phi) is 6.91. The van der Waals surface area contributed by atoms with Crippen molar-refractivity contribution in [2.45, 2.75) is 58.5 Å². The first-order valence-electron chi connectivity index (χ1n) is 6.48. The largest absolute Gasteiger partial charge is 0.467 e. The van der Waals surface area contributed by atoms with Crippen molar-refractivity contribution in [2.24, 2.45) is 11.7 Å². The SMILES string of the molecule is CCC(N)(CC)C(=O)N[C@@H](CC(C)C)C(=O)OC. The molecular formula is C13H26N2O3. The quantitative estimate of drug-likeness (QED) is 0.672. The van der Waals surface area contributed by atoms with Gasteiger partial charge in [-0.2, -0.15) is 0 Å². The molecule has 0 radical (unpaired) electrons. The number of nitrogens with one attached hydrogen (secondary N) is 1. The molecule has 0 spiro atoms. The van der Waals surface area contributed by atoms with Crippen LogP contribution < -0.4 is 11.1 Å². The molecule has 0 rings (SSSR count). The number of carbonyl (C=O) groups excluding carboxylic acids is 2. The molecule has 18 heavy (non-hydrogen) atoms. The molecular weight excluding hydrogens is 232 g/mol. The Labute approximate surface area is 109 Å². The maximum atomic E-state index is 12.1. The highest BCUT2D eigenvalue weighted by molar-refractivity contribution is 5.90. The zero-order valence-corrected chi connectivity index (χ0v) is 12.1. The van der Waals surface area contributed by atoms with Gasteiger partial charge in [0.15, 0.2) is 0 Å². The Bertz CT molecular complexity index is 286. The topological polar surface area (TPSA) is 81.4 Å². The van der Waals surface area contributed by atoms with Gasteiger partial charge in [0.25, 0.3) is 0 Å². The summed E-state index contributed by atoms with van der Waals surface area (Å²) < 4.78 is 4.70. The molecule has 0 bridgehead atoms. The average Bonchev–Trinajstić information content (AvgIpc) is 2.35. The number of hydrogen-bond donors (Lipinski definition) is 2. The van der Waals surface area contributed by atoms with Gasteiger partial charge < -0.3 is 15.8 Å². The van der Waals surface area contributed by atoms with Gasteiger partial charge in [-0.15, -0.1) is 0 Å². The summed E-state index contributed by atoms with van der Waals surface area (Å²) in [6.45, 7) is 7.69. The van der Waals surface area contributed by atoms with Gasteiger partial charge in [0, 0.05) is 0 Å². The first-order chi connectivity index (χ1) is 8.30. The van der Waals surface area contributed by atoms with Gasteiger partial charge in [0.05, 0.1) is 12.6 Å². The molecule has 0 aliphatic carbocycles. The zero-order chi connectivity index (χ0) is 14.3. The van der Waals surface area contributed by atoms with E-state index >= 15 is 0 Å². The van der Waals surface area contributed by atoms with E-state index in [0.717, 1.165) is 0 Å². The van der Waals surface area contributed by atoms with Crippen molar-refractivity contribution in [3.8, 4) is 0 Å². The van der Waals surface area contributed by atoms with Gasteiger partial charge in [-0.05, 0) is 25.2 Å². The normalized spacial score (nSPS) is 13.3. The van der Waals surface area contributed by atoms with E-state index in [-0.39, 0.29) is 11.8 Å². The van der Waals surface area contributed by atoms with Gasteiger partial charge in [-0.3, -0.25) is 4.79 Å². The average molecular weight is 258 g/mol. The van der Waals surface area contributed by atoms with Crippen LogP contribution in [-0.4, -0.2) is 30.6 Å². The van der Waals surface area contributed by atoms with E-state index < -0.39 is 17.6 Å². The van der Waals surface area contributed by atoms with E-state index in [0.29, 0.717) is 19.3 Å². The highest BCUT2D eigenvalue weighted by atomic mass is 16.5. The molecule has 5 heteroatoms. The third-order valence-electron chi connectivity index (χ3n) is 3.21. The summed E-state index contributed by atoms with van der Waals surface area (Å²) in [6, 6.07) is -0.622. The van der Waals surface area contributed by atoms with Crippen molar-refractivity contribution in [2.75, 3.05) is 7.11 Å². The Morgan fingerprint density at radius 3 is 2.11 bits per heavy atom. The fourth-order valence-corrected chi connectivity index (χ4v) is 1.70. The minimum atomic E-state index is -0.913. The number of methoxy groups -OCH3 is 1. The lowest BCUT2D eigenvalue weighted by molar-refractivity contribution is -0.146. The molecule has 0 aromatic heterocycles. The van der Waals surface area contributed by atoms with Crippen molar-refractivity contribution in [1.82, 2.24) is 5.32 Å². The molecule has 1 atom stereocenters. The molecule has 0 unspecified atom stereocenters. The van der Waals surface area contributed by atoms with Crippen LogP contribution in [0.5, 0.6) is 0 Å². The molecule has 0 saturated heterocycles. The van der Waals surface area contributed by atoms with Crippen LogP contribution in [0, 0.1) is 5.92 Å². The maximum absolute atomic E-state index is 12.1. The predicted octanol–water partition coefficient (Wildman–Crippen LogP) is 1.21. The molecule has 1 amide bonds. The molecule has 0 fully saturated rings. The number of ether oxygens (including phenoxy) is 1. The monoisotopic (exact) mass is 258 g/mol. The van der Waals surface area contributed by atoms with Crippen molar-refractivity contribution in [3.63, 3.8) is 0 Å². The summed E-state index contributed by atoms with van der Waals surface area (Å²) in [4.78, 5) is 23.7. The maximum Gasteiger partial charge on any atom is 0.328 e. The lowest BCUT2D eigenvalue weighted by Crippen LogP contribution is -2.57. The summed E-state index contributed by atoms with van der Waals surface area (Å²) in [6.07, 6.45) is 1.61. The summed E-state index contributed by atoms with van der Waals surface area (Å²) in [7, 11) is 1.32. The highest BCUT2D eigenvalue weighted by Crippen LogP contribution is 2.13. The molecule has 0 aliphatic heterocycles. The van der Waals surface area contributed by atoms with Crippen LogP contribution in [0.3, 0.4) is 0 Å². The summed E-state index contributed by atoms with van der Waals surface area (Å²) in [5.74, 6) is -0.431. The predicted molar refractivity (Wildman–Crippen MR) is 70.9 cm³/mol. The van der Waals surface area contributed by atoms with E-state index in [1.165, 1.54) is 7.11 Å². The fraction of sp³-hybridized carbons (Fsp3) is 0.846. The van der Waals surface area contributed by atoms with Crippen molar-refractivity contribution < 1.29 is 14.3 Å². The van der Waals surface area contributed by atoms with Gasteiger partial charge in [0.2, 0.25) is 5.91 Å². The van der Waals surface area contributed by atoms with E-state index in [4.69, 9.17) is 10.5 Å². The van der Waals surface area contributed by atoms with Crippen LogP contribution in [0.2, 0.25) is 0 Å². The van der Waals surface area contributed by atoms with Crippen LogP contribution in [-0.2, 0) is 14.3 Å². The van der Waals surface area contributed by atoms with Gasteiger partial charge in [0.1, 0.15) is 6.04 Å². The standard InChI is InChI=1S/C13H26N2O3/c1-6-13(14,7-2)12(17)15-10(8-9(3)4)11(16)18-5/h9-10H,6-8,14H2,1-5H3,(H,15,17)/t10-/m0/s1. The van der Waals surface area contributed by atoms with Crippen LogP contribution in [0.15, 0.2) is 0 Å². The second kappa shape index (κ2) is 7.36. The third kappa shape index (κ3) is 4.64. The lowest BCUT2D eigenvalue weighted by Gasteiger charge is -2.28. The minimum absolute atomic E-state index is 0.282. The third-order valence-corrected chi connectivity index (χ3v) is 3.21. The smallest absolute Gasteiger partial charge is 0.328 e. The summed E-state index contributed by atoms with van der Waals surface area (Å²) in [5, 5.41) is 2.70. The van der Waals surface area contributed by atoms with E-state index in [9.17, 15) is 9.59 Å². The Morgan fingerprint density at radius 2 is 1.78 bits per heavy atom. The molecule has 5 nitrogen and oxygen atoms in total. The van der Waals surface area contributed by atoms with Crippen LogP contribution in [0.4, 0.5) is 0 Å². The van der Waals surface area contributed by atoms with Crippen molar-refractivity contribution in [1.29, 1.82) is 0 Å². The molecule has 0 aliphatic rings. The molecule has 0 aromatic rings. The first-order valence-corrected chi connectivity index (χ1v) is 6.48. The number of nitrogens with two attached hydrogens (primary N) is 1. The fourth-order valence-electron chi connectivity index (χ4n) is 1.70. The first kappa shape index (κ1) is 16.9. The van der Waals surface area contributed by atoms with Crippen LogP contribution in [0.25, 0.3) is 0 Å². The summed E-state index contributed by atoms with van der Waals surface area (Å²) >= 11 is 0.